The number of carbonyl (C=O) groups is 1. The van der Waals surface area contributed by atoms with Gasteiger partial charge in [0.1, 0.15) is 0 Å². The fourth-order valence-electron chi connectivity index (χ4n) is 1.99. The zero-order valence-corrected chi connectivity index (χ0v) is 10.8. The number of nitrogens with zero attached hydrogens (tertiary/aromatic N) is 1. The van der Waals surface area contributed by atoms with E-state index >= 15 is 0 Å². The lowest BCUT2D eigenvalue weighted by molar-refractivity contribution is 0.102. The van der Waals surface area contributed by atoms with Gasteiger partial charge in [-0.2, -0.15) is 0 Å². The minimum absolute atomic E-state index is 0.0557. The highest BCUT2D eigenvalue weighted by Gasteiger charge is 2.10. The van der Waals surface area contributed by atoms with Crippen LogP contribution in [-0.2, 0) is 0 Å². The molecule has 0 unspecified atom stereocenters. The molecule has 3 aromatic rings. The van der Waals surface area contributed by atoms with E-state index in [1.807, 2.05) is 6.07 Å². The van der Waals surface area contributed by atoms with Gasteiger partial charge in [-0.25, -0.2) is 8.78 Å². The molecule has 0 fully saturated rings. The summed E-state index contributed by atoms with van der Waals surface area (Å²) in [5, 5.41) is 3.52. The molecule has 1 amide bonds. The van der Waals surface area contributed by atoms with Gasteiger partial charge in [0.25, 0.3) is 5.91 Å². The summed E-state index contributed by atoms with van der Waals surface area (Å²) in [7, 11) is 0. The van der Waals surface area contributed by atoms with E-state index in [9.17, 15) is 13.6 Å². The van der Waals surface area contributed by atoms with E-state index in [2.05, 4.69) is 10.3 Å². The number of pyridine rings is 1. The van der Waals surface area contributed by atoms with E-state index < -0.39 is 17.5 Å². The van der Waals surface area contributed by atoms with Gasteiger partial charge in [0.05, 0.1) is 5.52 Å². The summed E-state index contributed by atoms with van der Waals surface area (Å²) in [5.74, 6) is -2.54. The Morgan fingerprint density at radius 1 is 1.00 bits per heavy atom. The number of fused-ring (bicyclic) bond motifs is 1. The van der Waals surface area contributed by atoms with Crippen molar-refractivity contribution in [3.05, 3.63) is 71.9 Å². The molecule has 0 aliphatic rings. The summed E-state index contributed by atoms with van der Waals surface area (Å²) in [6, 6.07) is 11.9. The predicted molar refractivity (Wildman–Crippen MR) is 76.1 cm³/mol. The largest absolute Gasteiger partial charge is 0.322 e. The normalized spacial score (nSPS) is 10.6. The first-order chi connectivity index (χ1) is 10.1. The van der Waals surface area contributed by atoms with Crippen LogP contribution in [0.25, 0.3) is 10.9 Å². The Morgan fingerprint density at radius 2 is 1.86 bits per heavy atom. The average molecular weight is 284 g/mol. The molecule has 1 heterocycles. The molecule has 0 bridgehead atoms. The number of benzene rings is 2. The monoisotopic (exact) mass is 284 g/mol. The molecule has 3 rings (SSSR count). The van der Waals surface area contributed by atoms with Gasteiger partial charge in [0, 0.05) is 22.8 Å². The molecule has 0 aliphatic carbocycles. The second-order valence-electron chi connectivity index (χ2n) is 4.49. The Bertz CT molecular complexity index is 833. The number of aromatic nitrogens is 1. The molecule has 1 N–H and O–H groups in total. The number of amides is 1. The van der Waals surface area contributed by atoms with Gasteiger partial charge in [-0.1, -0.05) is 6.07 Å². The highest BCUT2D eigenvalue weighted by atomic mass is 19.2. The van der Waals surface area contributed by atoms with E-state index in [0.717, 1.165) is 23.0 Å². The predicted octanol–water partition coefficient (Wildman–Crippen LogP) is 3.77. The Morgan fingerprint density at radius 3 is 2.67 bits per heavy atom. The second kappa shape index (κ2) is 5.28. The number of nitrogens with one attached hydrogen (secondary N) is 1. The van der Waals surface area contributed by atoms with E-state index in [1.165, 1.54) is 6.07 Å². The summed E-state index contributed by atoms with van der Waals surface area (Å²) in [5.41, 5.74) is 1.42. The van der Waals surface area contributed by atoms with Crippen molar-refractivity contribution in [2.75, 3.05) is 5.32 Å². The van der Waals surface area contributed by atoms with Crippen LogP contribution in [0.2, 0.25) is 0 Å². The molecular formula is C16H10F2N2O. The maximum atomic E-state index is 13.1. The van der Waals surface area contributed by atoms with Gasteiger partial charge in [-0.15, -0.1) is 0 Å². The molecule has 0 saturated heterocycles. The third-order valence-electron chi connectivity index (χ3n) is 3.04. The second-order valence-corrected chi connectivity index (χ2v) is 4.49. The lowest BCUT2D eigenvalue weighted by Gasteiger charge is -2.06. The van der Waals surface area contributed by atoms with Crippen molar-refractivity contribution in [2.24, 2.45) is 0 Å². The van der Waals surface area contributed by atoms with E-state index in [4.69, 9.17) is 0 Å². The molecular weight excluding hydrogens is 274 g/mol. The van der Waals surface area contributed by atoms with Crippen LogP contribution in [0.4, 0.5) is 14.5 Å². The Hall–Kier alpha value is -2.82. The van der Waals surface area contributed by atoms with Gasteiger partial charge >= 0.3 is 0 Å². The highest BCUT2D eigenvalue weighted by Crippen LogP contribution is 2.18. The average Bonchev–Trinajstić information content (AvgIpc) is 2.50. The maximum Gasteiger partial charge on any atom is 0.255 e. The van der Waals surface area contributed by atoms with Gasteiger partial charge in [0.15, 0.2) is 11.6 Å². The molecule has 5 heteroatoms. The molecule has 2 aromatic carbocycles. The molecule has 104 valence electrons. The zero-order valence-electron chi connectivity index (χ0n) is 10.8. The van der Waals surface area contributed by atoms with Gasteiger partial charge in [0.2, 0.25) is 0 Å². The van der Waals surface area contributed by atoms with Crippen LogP contribution in [0.15, 0.2) is 54.7 Å². The highest BCUT2D eigenvalue weighted by molar-refractivity contribution is 6.05. The molecule has 0 spiro atoms. The standard InChI is InChI=1S/C16H10F2N2O/c17-13-5-3-11(9-14(13)18)16(21)20-12-4-6-15-10(8-12)2-1-7-19-15/h1-9H,(H,20,21). The summed E-state index contributed by atoms with van der Waals surface area (Å²) < 4.78 is 26.0. The van der Waals surface area contributed by atoms with Gasteiger partial charge in [-0.05, 0) is 42.5 Å². The quantitative estimate of drug-likeness (QED) is 0.778. The SMILES string of the molecule is O=C(Nc1ccc2ncccc2c1)c1ccc(F)c(F)c1. The Labute approximate surface area is 119 Å². The number of halogens is 2. The van der Waals surface area contributed by atoms with Crippen molar-refractivity contribution in [1.82, 2.24) is 4.98 Å². The fraction of sp³-hybridized carbons (Fsp3) is 0. The van der Waals surface area contributed by atoms with Crippen molar-refractivity contribution in [3.8, 4) is 0 Å². The molecule has 0 atom stereocenters. The third kappa shape index (κ3) is 2.72. The van der Waals surface area contributed by atoms with Crippen LogP contribution < -0.4 is 5.32 Å². The van der Waals surface area contributed by atoms with Gasteiger partial charge in [-0.3, -0.25) is 9.78 Å². The van der Waals surface area contributed by atoms with Crippen LogP contribution in [0.3, 0.4) is 0 Å². The number of anilines is 1. The fourth-order valence-corrected chi connectivity index (χ4v) is 1.99. The lowest BCUT2D eigenvalue weighted by Crippen LogP contribution is -2.12. The molecule has 1 aromatic heterocycles. The van der Waals surface area contributed by atoms with Crippen molar-refractivity contribution >= 4 is 22.5 Å². The summed E-state index contributed by atoms with van der Waals surface area (Å²) in [6.45, 7) is 0. The van der Waals surface area contributed by atoms with E-state index in [1.54, 1.807) is 30.5 Å². The van der Waals surface area contributed by atoms with Crippen LogP contribution in [0, 0.1) is 11.6 Å². The molecule has 0 saturated carbocycles. The zero-order chi connectivity index (χ0) is 14.8. The number of hydrogen-bond acceptors (Lipinski definition) is 2. The van der Waals surface area contributed by atoms with Crippen LogP contribution >= 0.6 is 0 Å². The molecule has 21 heavy (non-hydrogen) atoms. The minimum atomic E-state index is -1.05. The molecule has 0 aliphatic heterocycles. The molecule has 3 nitrogen and oxygen atoms in total. The number of rotatable bonds is 2. The third-order valence-corrected chi connectivity index (χ3v) is 3.04. The molecule has 0 radical (unpaired) electrons. The van der Waals surface area contributed by atoms with E-state index in [0.29, 0.717) is 5.69 Å². The minimum Gasteiger partial charge on any atom is -0.322 e. The summed E-state index contributed by atoms with van der Waals surface area (Å²) in [4.78, 5) is 16.2. The van der Waals surface area contributed by atoms with E-state index in [-0.39, 0.29) is 5.56 Å². The first kappa shape index (κ1) is 13.2. The maximum absolute atomic E-state index is 13.1. The van der Waals surface area contributed by atoms with Gasteiger partial charge < -0.3 is 5.32 Å². The smallest absolute Gasteiger partial charge is 0.255 e. The van der Waals surface area contributed by atoms with Crippen molar-refractivity contribution in [2.45, 2.75) is 0 Å². The lowest BCUT2D eigenvalue weighted by atomic mass is 10.1. The first-order valence-electron chi connectivity index (χ1n) is 6.25. The topological polar surface area (TPSA) is 42.0 Å². The van der Waals surface area contributed by atoms with Crippen LogP contribution in [0.5, 0.6) is 0 Å². The van der Waals surface area contributed by atoms with Crippen molar-refractivity contribution < 1.29 is 13.6 Å². The Balaban J connectivity index is 1.87. The van der Waals surface area contributed by atoms with Crippen LogP contribution in [0.1, 0.15) is 10.4 Å². The first-order valence-corrected chi connectivity index (χ1v) is 6.25. The summed E-state index contributed by atoms with van der Waals surface area (Å²) >= 11 is 0. The summed E-state index contributed by atoms with van der Waals surface area (Å²) in [6.07, 6.45) is 1.68. The number of hydrogen-bond donors (Lipinski definition) is 1. The van der Waals surface area contributed by atoms with Crippen molar-refractivity contribution in [3.63, 3.8) is 0 Å². The Kier molecular flexibility index (Phi) is 3.31. The number of carbonyl (C=O) groups excluding carboxylic acids is 1. The van der Waals surface area contributed by atoms with Crippen molar-refractivity contribution in [1.29, 1.82) is 0 Å². The van der Waals surface area contributed by atoms with Crippen LogP contribution in [-0.4, -0.2) is 10.9 Å².